The highest BCUT2D eigenvalue weighted by Crippen LogP contribution is 2.38. The van der Waals surface area contributed by atoms with Crippen molar-refractivity contribution in [3.05, 3.63) is 95.4 Å². The minimum atomic E-state index is -1.91. The van der Waals surface area contributed by atoms with E-state index in [1.165, 1.54) is 11.1 Å². The zero-order chi connectivity index (χ0) is 24.2. The van der Waals surface area contributed by atoms with E-state index in [-0.39, 0.29) is 30.1 Å². The number of carboxylic acids is 1. The molecule has 2 aromatic rings. The van der Waals surface area contributed by atoms with Crippen molar-refractivity contribution in [2.75, 3.05) is 19.8 Å². The molecule has 2 N–H and O–H groups in total. The Morgan fingerprint density at radius 3 is 2.32 bits per heavy atom. The van der Waals surface area contributed by atoms with Crippen molar-refractivity contribution < 1.29 is 29.3 Å². The molecule has 1 heterocycles. The second-order valence-electron chi connectivity index (χ2n) is 8.79. The lowest BCUT2D eigenvalue weighted by molar-refractivity contribution is -0.209. The van der Waals surface area contributed by atoms with Crippen LogP contribution in [0.25, 0.3) is 0 Å². The predicted molar refractivity (Wildman–Crippen MR) is 126 cm³/mol. The number of aliphatic carboxylic acids is 1. The first-order chi connectivity index (χ1) is 16.3. The lowest BCUT2D eigenvalue weighted by atomic mass is 9.73. The van der Waals surface area contributed by atoms with Crippen LogP contribution in [0.1, 0.15) is 37.3 Å². The molecule has 2 aromatic carbocycles. The van der Waals surface area contributed by atoms with Gasteiger partial charge < -0.3 is 24.6 Å². The van der Waals surface area contributed by atoms with Crippen LogP contribution in [0.3, 0.4) is 0 Å². The smallest absolute Gasteiger partial charge is 0.329 e. The minimum absolute atomic E-state index is 0.0429. The van der Waals surface area contributed by atoms with Crippen molar-refractivity contribution in [1.29, 1.82) is 0 Å². The molecule has 0 spiro atoms. The van der Waals surface area contributed by atoms with Crippen LogP contribution in [0.4, 0.5) is 0 Å². The normalized spacial score (nSPS) is 20.2. The Balaban J connectivity index is 1.55. The zero-order valence-corrected chi connectivity index (χ0v) is 19.1. The number of carbonyl (C=O) groups excluding carboxylic acids is 1. The van der Waals surface area contributed by atoms with Gasteiger partial charge in [-0.25, -0.2) is 4.79 Å². The SMILES string of the molecule is CC(CCCN1C(=O)COC2=C1C=CCC2(O)OCC(=O)O)(c1ccccc1)c1ccccc1. The Hall–Kier alpha value is -3.42. The first-order valence-corrected chi connectivity index (χ1v) is 11.4. The summed E-state index contributed by atoms with van der Waals surface area (Å²) in [6.07, 6.45) is 4.91. The topological polar surface area (TPSA) is 96.3 Å². The summed E-state index contributed by atoms with van der Waals surface area (Å²) >= 11 is 0. The molecule has 0 bridgehead atoms. The molecule has 2 aliphatic rings. The first kappa shape index (κ1) is 23.7. The summed E-state index contributed by atoms with van der Waals surface area (Å²) in [5.41, 5.74) is 2.56. The fourth-order valence-electron chi connectivity index (χ4n) is 4.65. The highest BCUT2D eigenvalue weighted by molar-refractivity contribution is 5.81. The predicted octanol–water partition coefficient (Wildman–Crippen LogP) is 3.59. The third kappa shape index (κ3) is 4.76. The second-order valence-corrected chi connectivity index (χ2v) is 8.79. The molecule has 34 heavy (non-hydrogen) atoms. The van der Waals surface area contributed by atoms with E-state index in [1.54, 1.807) is 17.1 Å². The maximum Gasteiger partial charge on any atom is 0.329 e. The second kappa shape index (κ2) is 9.83. The molecule has 0 fully saturated rings. The number of amides is 1. The van der Waals surface area contributed by atoms with Gasteiger partial charge in [-0.15, -0.1) is 0 Å². The van der Waals surface area contributed by atoms with E-state index in [4.69, 9.17) is 14.6 Å². The van der Waals surface area contributed by atoms with Gasteiger partial charge in [0.25, 0.3) is 5.91 Å². The molecule has 178 valence electrons. The Morgan fingerprint density at radius 1 is 1.12 bits per heavy atom. The van der Waals surface area contributed by atoms with Crippen LogP contribution < -0.4 is 0 Å². The summed E-state index contributed by atoms with van der Waals surface area (Å²) in [6, 6.07) is 20.6. The highest BCUT2D eigenvalue weighted by atomic mass is 16.7. The lowest BCUT2D eigenvalue weighted by Gasteiger charge is -2.39. The summed E-state index contributed by atoms with van der Waals surface area (Å²) < 4.78 is 10.8. The zero-order valence-electron chi connectivity index (χ0n) is 19.1. The van der Waals surface area contributed by atoms with Crippen LogP contribution in [-0.2, 0) is 24.5 Å². The molecule has 1 amide bonds. The number of ether oxygens (including phenoxy) is 2. The molecule has 0 radical (unpaired) electrons. The van der Waals surface area contributed by atoms with Crippen molar-refractivity contribution in [1.82, 2.24) is 4.90 Å². The van der Waals surface area contributed by atoms with Crippen LogP contribution in [0.2, 0.25) is 0 Å². The average Bonchev–Trinajstić information content (AvgIpc) is 2.85. The number of hydrogen-bond acceptors (Lipinski definition) is 5. The van der Waals surface area contributed by atoms with E-state index in [0.29, 0.717) is 18.7 Å². The van der Waals surface area contributed by atoms with Gasteiger partial charge in [-0.05, 0) is 30.0 Å². The first-order valence-electron chi connectivity index (χ1n) is 11.4. The molecule has 7 nitrogen and oxygen atoms in total. The van der Waals surface area contributed by atoms with E-state index < -0.39 is 18.4 Å². The maximum atomic E-state index is 12.7. The maximum absolute atomic E-state index is 12.7. The average molecular weight is 464 g/mol. The molecule has 1 aliphatic carbocycles. The van der Waals surface area contributed by atoms with Crippen LogP contribution in [0.15, 0.2) is 84.3 Å². The molecule has 0 saturated heterocycles. The van der Waals surface area contributed by atoms with Gasteiger partial charge in [-0.1, -0.05) is 73.7 Å². The molecule has 1 unspecified atom stereocenters. The van der Waals surface area contributed by atoms with Gasteiger partial charge >= 0.3 is 5.97 Å². The third-order valence-electron chi connectivity index (χ3n) is 6.50. The molecule has 7 heteroatoms. The number of carbonyl (C=O) groups is 2. The summed E-state index contributed by atoms with van der Waals surface area (Å²) in [5, 5.41) is 19.9. The van der Waals surface area contributed by atoms with Gasteiger partial charge in [-0.3, -0.25) is 4.79 Å². The minimum Gasteiger partial charge on any atom is -0.480 e. The number of aliphatic hydroxyl groups is 1. The van der Waals surface area contributed by atoms with Gasteiger partial charge in [-0.2, -0.15) is 0 Å². The van der Waals surface area contributed by atoms with Gasteiger partial charge in [0.1, 0.15) is 6.61 Å². The number of allylic oxidation sites excluding steroid dienone is 1. The number of carboxylic acid groups (broad SMARTS) is 1. The van der Waals surface area contributed by atoms with Crippen LogP contribution in [0.5, 0.6) is 0 Å². The van der Waals surface area contributed by atoms with Gasteiger partial charge in [0.15, 0.2) is 12.4 Å². The monoisotopic (exact) mass is 463 g/mol. The fourth-order valence-corrected chi connectivity index (χ4v) is 4.65. The van der Waals surface area contributed by atoms with Gasteiger partial charge in [0.05, 0.1) is 5.70 Å². The van der Waals surface area contributed by atoms with E-state index in [2.05, 4.69) is 31.2 Å². The van der Waals surface area contributed by atoms with Crippen molar-refractivity contribution >= 4 is 11.9 Å². The Morgan fingerprint density at radius 2 is 1.74 bits per heavy atom. The van der Waals surface area contributed by atoms with E-state index in [9.17, 15) is 14.7 Å². The molecule has 1 atom stereocenters. The Labute approximate surface area is 198 Å². The van der Waals surface area contributed by atoms with E-state index in [0.717, 1.165) is 6.42 Å². The lowest BCUT2D eigenvalue weighted by Crippen LogP contribution is -2.47. The summed E-state index contributed by atoms with van der Waals surface area (Å²) in [4.78, 5) is 25.3. The quantitative estimate of drug-likeness (QED) is 0.552. The Bertz CT molecular complexity index is 1060. The van der Waals surface area contributed by atoms with Crippen LogP contribution in [0, 0.1) is 0 Å². The third-order valence-corrected chi connectivity index (χ3v) is 6.50. The van der Waals surface area contributed by atoms with Gasteiger partial charge in [0, 0.05) is 18.4 Å². The summed E-state index contributed by atoms with van der Waals surface area (Å²) in [6.45, 7) is 1.73. The largest absolute Gasteiger partial charge is 0.480 e. The fraction of sp³-hybridized carbons (Fsp3) is 0.333. The molecular weight excluding hydrogens is 434 g/mol. The number of rotatable bonds is 9. The van der Waals surface area contributed by atoms with Crippen LogP contribution >= 0.6 is 0 Å². The Kier molecular flexibility index (Phi) is 6.86. The summed E-state index contributed by atoms with van der Waals surface area (Å²) in [7, 11) is 0. The number of nitrogens with zero attached hydrogens (tertiary/aromatic N) is 1. The molecule has 0 saturated carbocycles. The van der Waals surface area contributed by atoms with Crippen molar-refractivity contribution in [2.24, 2.45) is 0 Å². The standard InChI is InChI=1S/C27H29NO6/c1-26(20-10-4-2-5-11-20,21-12-6-3-7-13-21)15-9-17-28-22-14-8-16-27(32,34-19-24(30)31)25(22)33-18-23(28)29/h2-8,10-14,32H,9,15-19H2,1H3,(H,30,31). The van der Waals surface area contributed by atoms with Crippen molar-refractivity contribution in [3.8, 4) is 0 Å². The molecule has 0 aromatic heterocycles. The van der Waals surface area contributed by atoms with Crippen molar-refractivity contribution in [3.63, 3.8) is 0 Å². The molecule has 1 aliphatic heterocycles. The highest BCUT2D eigenvalue weighted by Gasteiger charge is 2.43. The van der Waals surface area contributed by atoms with Gasteiger partial charge in [0.2, 0.25) is 5.79 Å². The number of benzene rings is 2. The molecule has 4 rings (SSSR count). The molecular formula is C27H29NO6. The van der Waals surface area contributed by atoms with E-state index in [1.807, 2.05) is 36.4 Å². The summed E-state index contributed by atoms with van der Waals surface area (Å²) in [5.74, 6) is -3.24. The van der Waals surface area contributed by atoms with Crippen LogP contribution in [-0.4, -0.2) is 52.5 Å². The number of hydrogen-bond donors (Lipinski definition) is 2. The van der Waals surface area contributed by atoms with Crippen molar-refractivity contribution in [2.45, 2.75) is 37.4 Å². The van der Waals surface area contributed by atoms with E-state index >= 15 is 0 Å².